The summed E-state index contributed by atoms with van der Waals surface area (Å²) in [6.45, 7) is 0. The lowest BCUT2D eigenvalue weighted by molar-refractivity contribution is -0.121. The predicted octanol–water partition coefficient (Wildman–Crippen LogP) is 2.86. The highest BCUT2D eigenvalue weighted by molar-refractivity contribution is 5.87. The summed E-state index contributed by atoms with van der Waals surface area (Å²) in [4.78, 5) is 20.4. The highest BCUT2D eigenvalue weighted by Gasteiger charge is 2.23. The van der Waals surface area contributed by atoms with E-state index in [2.05, 4.69) is 9.97 Å². The first-order valence-electron chi connectivity index (χ1n) is 6.08. The second-order valence-electron chi connectivity index (χ2n) is 4.57. The van der Waals surface area contributed by atoms with Gasteiger partial charge in [-0.1, -0.05) is 12.5 Å². The molecule has 0 bridgehead atoms. The molecular weight excluding hydrogens is 212 g/mol. The summed E-state index contributed by atoms with van der Waals surface area (Å²) >= 11 is 0. The Labute approximate surface area is 99.9 Å². The van der Waals surface area contributed by atoms with Gasteiger partial charge in [0.2, 0.25) is 0 Å². The molecule has 0 spiro atoms. The molecule has 1 aromatic heterocycles. The summed E-state index contributed by atoms with van der Waals surface area (Å²) in [5.74, 6) is 0.453. The molecule has 3 rings (SSSR count). The molecule has 1 aromatic carbocycles. The van der Waals surface area contributed by atoms with Crippen molar-refractivity contribution >= 4 is 16.8 Å². The zero-order chi connectivity index (χ0) is 11.7. The number of hydrogen-bond acceptors (Lipinski definition) is 3. The average molecular weight is 226 g/mol. The molecule has 0 aliphatic heterocycles. The molecule has 0 radical (unpaired) electrons. The quantitative estimate of drug-likeness (QED) is 0.751. The lowest BCUT2D eigenvalue weighted by atomic mass is 9.83. The van der Waals surface area contributed by atoms with Crippen LogP contribution in [0.5, 0.6) is 0 Å². The van der Waals surface area contributed by atoms with E-state index in [1.807, 2.05) is 18.2 Å². The van der Waals surface area contributed by atoms with Crippen LogP contribution in [0.2, 0.25) is 0 Å². The molecule has 0 amide bonds. The Hall–Kier alpha value is -1.77. The number of fused-ring (bicyclic) bond motifs is 1. The molecule has 2 aromatic rings. The fourth-order valence-corrected chi connectivity index (χ4v) is 2.53. The van der Waals surface area contributed by atoms with Crippen molar-refractivity contribution in [2.24, 2.45) is 0 Å². The third-order valence-electron chi connectivity index (χ3n) is 3.45. The van der Waals surface area contributed by atoms with Crippen LogP contribution in [-0.4, -0.2) is 15.8 Å². The number of aromatic nitrogens is 2. The van der Waals surface area contributed by atoms with Crippen molar-refractivity contribution in [3.63, 3.8) is 0 Å². The van der Waals surface area contributed by atoms with Gasteiger partial charge < -0.3 is 0 Å². The molecule has 1 fully saturated rings. The van der Waals surface area contributed by atoms with E-state index in [9.17, 15) is 4.79 Å². The van der Waals surface area contributed by atoms with E-state index in [-0.39, 0.29) is 5.92 Å². The number of carbonyl (C=O) groups excluding carboxylic acids is 1. The van der Waals surface area contributed by atoms with E-state index in [4.69, 9.17) is 0 Å². The van der Waals surface area contributed by atoms with Crippen molar-refractivity contribution in [1.82, 2.24) is 9.97 Å². The molecule has 3 nitrogen and oxygen atoms in total. The Bertz CT molecular complexity index is 565. The number of ketones is 1. The van der Waals surface area contributed by atoms with Crippen LogP contribution in [0.1, 0.15) is 37.2 Å². The summed E-state index contributed by atoms with van der Waals surface area (Å²) < 4.78 is 0. The molecule has 1 saturated carbocycles. The number of Topliss-reactive ketones (excluding diaryl/α,β-unsaturated/α-hetero) is 1. The van der Waals surface area contributed by atoms with Gasteiger partial charge in [-0.15, -0.1) is 0 Å². The predicted molar refractivity (Wildman–Crippen MR) is 65.8 cm³/mol. The van der Waals surface area contributed by atoms with Crippen LogP contribution in [-0.2, 0) is 4.79 Å². The van der Waals surface area contributed by atoms with Crippen molar-refractivity contribution in [3.05, 3.63) is 36.2 Å². The number of hydrogen-bond donors (Lipinski definition) is 0. The molecule has 1 heterocycles. The van der Waals surface area contributed by atoms with Gasteiger partial charge in [-0.05, 0) is 30.5 Å². The molecular formula is C14H14N2O. The Balaban J connectivity index is 2.02. The molecule has 0 N–H and O–H groups in total. The standard InChI is InChI=1S/C14H14N2O/c17-14-4-2-1-3-11(14)10-5-6-12-13(9-10)16-8-7-15-12/h5-9,11H,1-4H2. The normalized spacial score (nSPS) is 20.7. The van der Waals surface area contributed by atoms with Crippen molar-refractivity contribution < 1.29 is 4.79 Å². The van der Waals surface area contributed by atoms with Gasteiger partial charge in [-0.2, -0.15) is 0 Å². The topological polar surface area (TPSA) is 42.9 Å². The summed E-state index contributed by atoms with van der Waals surface area (Å²) in [6, 6.07) is 5.99. The highest BCUT2D eigenvalue weighted by atomic mass is 16.1. The maximum atomic E-state index is 11.9. The first-order valence-corrected chi connectivity index (χ1v) is 6.08. The van der Waals surface area contributed by atoms with Crippen LogP contribution >= 0.6 is 0 Å². The van der Waals surface area contributed by atoms with Gasteiger partial charge in [-0.25, -0.2) is 0 Å². The third kappa shape index (κ3) is 1.93. The van der Waals surface area contributed by atoms with Gasteiger partial charge in [0.1, 0.15) is 5.78 Å². The van der Waals surface area contributed by atoms with Gasteiger partial charge in [0, 0.05) is 24.7 Å². The SMILES string of the molecule is O=C1CCCCC1c1ccc2nccnc2c1. The summed E-state index contributed by atoms with van der Waals surface area (Å²) in [5.41, 5.74) is 2.87. The first-order chi connectivity index (χ1) is 8.34. The van der Waals surface area contributed by atoms with Crippen LogP contribution < -0.4 is 0 Å². The van der Waals surface area contributed by atoms with Crippen molar-refractivity contribution in [1.29, 1.82) is 0 Å². The minimum absolute atomic E-state index is 0.0788. The van der Waals surface area contributed by atoms with Crippen LogP contribution in [0.15, 0.2) is 30.6 Å². The zero-order valence-corrected chi connectivity index (χ0v) is 9.60. The minimum atomic E-state index is 0.0788. The van der Waals surface area contributed by atoms with Crippen LogP contribution in [0.3, 0.4) is 0 Å². The summed E-state index contributed by atoms with van der Waals surface area (Å²) in [5, 5.41) is 0. The molecule has 1 atom stereocenters. The van der Waals surface area contributed by atoms with Crippen LogP contribution in [0.4, 0.5) is 0 Å². The van der Waals surface area contributed by atoms with Gasteiger partial charge in [-0.3, -0.25) is 14.8 Å². The second-order valence-corrected chi connectivity index (χ2v) is 4.57. The van der Waals surface area contributed by atoms with E-state index in [1.54, 1.807) is 12.4 Å². The lowest BCUT2D eigenvalue weighted by Gasteiger charge is -2.20. The summed E-state index contributed by atoms with van der Waals surface area (Å²) in [7, 11) is 0. The maximum absolute atomic E-state index is 11.9. The largest absolute Gasteiger partial charge is 0.299 e. The Kier molecular flexibility index (Phi) is 2.59. The van der Waals surface area contributed by atoms with E-state index in [1.165, 1.54) is 0 Å². The molecule has 0 saturated heterocycles. The molecule has 3 heteroatoms. The van der Waals surface area contributed by atoms with Crippen molar-refractivity contribution in [2.75, 3.05) is 0 Å². The second kappa shape index (κ2) is 4.24. The van der Waals surface area contributed by atoms with Gasteiger partial charge in [0.25, 0.3) is 0 Å². The molecule has 1 aliphatic carbocycles. The van der Waals surface area contributed by atoms with Gasteiger partial charge in [0.15, 0.2) is 0 Å². The maximum Gasteiger partial charge on any atom is 0.140 e. The lowest BCUT2D eigenvalue weighted by Crippen LogP contribution is -2.16. The van der Waals surface area contributed by atoms with E-state index in [0.29, 0.717) is 5.78 Å². The van der Waals surface area contributed by atoms with E-state index < -0.39 is 0 Å². The molecule has 1 aliphatic rings. The average Bonchev–Trinajstić information content (AvgIpc) is 2.39. The van der Waals surface area contributed by atoms with Crippen molar-refractivity contribution in [2.45, 2.75) is 31.6 Å². The zero-order valence-electron chi connectivity index (χ0n) is 9.60. The fourth-order valence-electron chi connectivity index (χ4n) is 2.53. The Morgan fingerprint density at radius 1 is 1.06 bits per heavy atom. The monoisotopic (exact) mass is 226 g/mol. The minimum Gasteiger partial charge on any atom is -0.299 e. The molecule has 17 heavy (non-hydrogen) atoms. The first kappa shape index (κ1) is 10.4. The van der Waals surface area contributed by atoms with E-state index in [0.717, 1.165) is 42.3 Å². The number of benzene rings is 1. The number of carbonyl (C=O) groups is 1. The summed E-state index contributed by atoms with van der Waals surface area (Å²) in [6.07, 6.45) is 7.27. The highest BCUT2D eigenvalue weighted by Crippen LogP contribution is 2.30. The third-order valence-corrected chi connectivity index (χ3v) is 3.45. The number of nitrogens with zero attached hydrogens (tertiary/aromatic N) is 2. The number of rotatable bonds is 1. The van der Waals surface area contributed by atoms with Gasteiger partial charge >= 0.3 is 0 Å². The van der Waals surface area contributed by atoms with E-state index >= 15 is 0 Å². The van der Waals surface area contributed by atoms with Crippen molar-refractivity contribution in [3.8, 4) is 0 Å². The molecule has 86 valence electrons. The fraction of sp³-hybridized carbons (Fsp3) is 0.357. The Morgan fingerprint density at radius 3 is 2.71 bits per heavy atom. The molecule has 1 unspecified atom stereocenters. The smallest absolute Gasteiger partial charge is 0.140 e. The van der Waals surface area contributed by atoms with Crippen LogP contribution in [0, 0.1) is 0 Å². The Morgan fingerprint density at radius 2 is 1.88 bits per heavy atom. The van der Waals surface area contributed by atoms with Gasteiger partial charge in [0.05, 0.1) is 11.0 Å². The van der Waals surface area contributed by atoms with Crippen LogP contribution in [0.25, 0.3) is 11.0 Å².